The third kappa shape index (κ3) is 3.15. The van der Waals surface area contributed by atoms with Gasteiger partial charge in [-0.2, -0.15) is 0 Å². The average Bonchev–Trinajstić information content (AvgIpc) is 2.43. The van der Waals surface area contributed by atoms with Crippen LogP contribution in [0.25, 0.3) is 0 Å². The summed E-state index contributed by atoms with van der Waals surface area (Å²) in [6.45, 7) is 8.62. The van der Waals surface area contributed by atoms with E-state index in [1.807, 2.05) is 25.3 Å². The molecule has 3 nitrogen and oxygen atoms in total. The summed E-state index contributed by atoms with van der Waals surface area (Å²) in [6.07, 6.45) is 5.68. The zero-order valence-corrected chi connectivity index (χ0v) is 12.4. The van der Waals surface area contributed by atoms with Crippen molar-refractivity contribution in [1.82, 2.24) is 9.88 Å². The first-order valence-electron chi connectivity index (χ1n) is 7.48. The fourth-order valence-electron chi connectivity index (χ4n) is 3.22. The Bertz CT molecular complexity index is 390. The van der Waals surface area contributed by atoms with Crippen LogP contribution in [0.4, 0.5) is 0 Å². The van der Waals surface area contributed by atoms with Gasteiger partial charge in [0.25, 0.3) is 0 Å². The molecule has 0 aromatic carbocycles. The van der Waals surface area contributed by atoms with Crippen molar-refractivity contribution in [2.75, 3.05) is 13.1 Å². The molecule has 1 fully saturated rings. The zero-order valence-electron chi connectivity index (χ0n) is 12.4. The van der Waals surface area contributed by atoms with Crippen molar-refractivity contribution in [3.8, 4) is 0 Å². The second-order valence-corrected chi connectivity index (χ2v) is 5.67. The molecule has 0 spiro atoms. The summed E-state index contributed by atoms with van der Waals surface area (Å²) in [5, 5.41) is 10.8. The Hall–Kier alpha value is -0.930. The van der Waals surface area contributed by atoms with Crippen LogP contribution in [-0.4, -0.2) is 34.1 Å². The lowest BCUT2D eigenvalue weighted by atomic mass is 9.78. The molecule has 3 heteroatoms. The number of hydrogen-bond donors (Lipinski definition) is 1. The van der Waals surface area contributed by atoms with Crippen LogP contribution >= 0.6 is 0 Å². The number of pyridine rings is 1. The van der Waals surface area contributed by atoms with Crippen molar-refractivity contribution in [1.29, 1.82) is 0 Å². The van der Waals surface area contributed by atoms with E-state index in [0.717, 1.165) is 50.0 Å². The highest BCUT2D eigenvalue weighted by molar-refractivity contribution is 5.21. The van der Waals surface area contributed by atoms with E-state index < -0.39 is 5.60 Å². The normalized spacial score (nSPS) is 27.7. The highest BCUT2D eigenvalue weighted by Crippen LogP contribution is 2.38. The Morgan fingerprint density at radius 1 is 1.26 bits per heavy atom. The van der Waals surface area contributed by atoms with Gasteiger partial charge in [-0.15, -0.1) is 0 Å². The molecule has 0 amide bonds. The molecule has 0 unspecified atom stereocenters. The molecule has 1 aliphatic carbocycles. The maximum Gasteiger partial charge on any atom is 0.0912 e. The molecule has 1 aliphatic rings. The van der Waals surface area contributed by atoms with Crippen LogP contribution in [0.2, 0.25) is 0 Å². The monoisotopic (exact) mass is 262 g/mol. The maximum absolute atomic E-state index is 10.8. The smallest absolute Gasteiger partial charge is 0.0912 e. The van der Waals surface area contributed by atoms with Crippen molar-refractivity contribution >= 4 is 0 Å². The van der Waals surface area contributed by atoms with E-state index in [9.17, 15) is 5.11 Å². The van der Waals surface area contributed by atoms with Crippen molar-refractivity contribution in [3.05, 3.63) is 29.6 Å². The molecule has 0 aliphatic heterocycles. The quantitative estimate of drug-likeness (QED) is 0.906. The molecule has 0 radical (unpaired) electrons. The lowest BCUT2D eigenvalue weighted by Gasteiger charge is -2.40. The molecule has 1 aromatic rings. The first-order valence-corrected chi connectivity index (χ1v) is 7.48. The van der Waals surface area contributed by atoms with Crippen LogP contribution in [0.1, 0.15) is 50.8 Å². The van der Waals surface area contributed by atoms with Crippen LogP contribution in [0, 0.1) is 6.92 Å². The Labute approximate surface area is 116 Å². The SMILES string of the molecule is CCN(CC)C1CCC(O)(c2ccc(C)nc2)CC1. The summed E-state index contributed by atoms with van der Waals surface area (Å²) < 4.78 is 0. The standard InChI is InChI=1S/C16H26N2O/c1-4-18(5-2)15-8-10-16(19,11-9-15)14-7-6-13(3)17-12-14/h6-7,12,15,19H,4-5,8-11H2,1-3H3. The summed E-state index contributed by atoms with van der Waals surface area (Å²) in [6, 6.07) is 4.65. The van der Waals surface area contributed by atoms with Gasteiger partial charge in [-0.05, 0) is 51.8 Å². The van der Waals surface area contributed by atoms with E-state index in [2.05, 4.69) is 23.7 Å². The molecule has 1 heterocycles. The fourth-order valence-corrected chi connectivity index (χ4v) is 3.22. The van der Waals surface area contributed by atoms with Crippen LogP contribution in [-0.2, 0) is 5.60 Å². The molecule has 1 aromatic heterocycles. The number of aromatic nitrogens is 1. The van der Waals surface area contributed by atoms with Crippen LogP contribution in [0.3, 0.4) is 0 Å². The third-order valence-corrected chi connectivity index (χ3v) is 4.56. The topological polar surface area (TPSA) is 36.4 Å². The van der Waals surface area contributed by atoms with Gasteiger partial charge in [-0.3, -0.25) is 4.98 Å². The molecular weight excluding hydrogens is 236 g/mol. The highest BCUT2D eigenvalue weighted by Gasteiger charge is 2.36. The van der Waals surface area contributed by atoms with Crippen molar-refractivity contribution in [2.45, 2.75) is 58.1 Å². The van der Waals surface area contributed by atoms with E-state index in [4.69, 9.17) is 0 Å². The van der Waals surface area contributed by atoms with Crippen LogP contribution in [0.5, 0.6) is 0 Å². The maximum atomic E-state index is 10.8. The van der Waals surface area contributed by atoms with Gasteiger partial charge in [0.2, 0.25) is 0 Å². The minimum atomic E-state index is -0.662. The van der Waals surface area contributed by atoms with Gasteiger partial charge >= 0.3 is 0 Å². The van der Waals surface area contributed by atoms with E-state index in [-0.39, 0.29) is 0 Å². The first kappa shape index (κ1) is 14.5. The van der Waals surface area contributed by atoms with E-state index in [1.165, 1.54) is 0 Å². The summed E-state index contributed by atoms with van der Waals surface area (Å²) in [7, 11) is 0. The molecule has 2 rings (SSSR count). The minimum absolute atomic E-state index is 0.633. The largest absolute Gasteiger partial charge is 0.385 e. The summed E-state index contributed by atoms with van der Waals surface area (Å²) in [5.41, 5.74) is 1.32. The van der Waals surface area contributed by atoms with Gasteiger partial charge in [-0.25, -0.2) is 0 Å². The molecule has 0 bridgehead atoms. The van der Waals surface area contributed by atoms with Crippen molar-refractivity contribution in [3.63, 3.8) is 0 Å². The molecule has 106 valence electrons. The van der Waals surface area contributed by atoms with Gasteiger partial charge in [0.1, 0.15) is 0 Å². The first-order chi connectivity index (χ1) is 9.09. The second-order valence-electron chi connectivity index (χ2n) is 5.67. The Morgan fingerprint density at radius 3 is 2.37 bits per heavy atom. The second kappa shape index (κ2) is 6.02. The predicted octanol–water partition coefficient (Wildman–Crippen LogP) is 2.86. The summed E-state index contributed by atoms with van der Waals surface area (Å²) in [4.78, 5) is 6.82. The third-order valence-electron chi connectivity index (χ3n) is 4.56. The molecular formula is C16H26N2O. The van der Waals surface area contributed by atoms with Gasteiger partial charge in [0, 0.05) is 23.5 Å². The van der Waals surface area contributed by atoms with Gasteiger partial charge < -0.3 is 10.0 Å². The molecule has 1 saturated carbocycles. The number of rotatable bonds is 4. The van der Waals surface area contributed by atoms with Gasteiger partial charge in [-0.1, -0.05) is 19.9 Å². The van der Waals surface area contributed by atoms with E-state index >= 15 is 0 Å². The Balaban J connectivity index is 2.03. The Morgan fingerprint density at radius 2 is 1.89 bits per heavy atom. The van der Waals surface area contributed by atoms with Crippen molar-refractivity contribution < 1.29 is 5.11 Å². The lowest BCUT2D eigenvalue weighted by Crippen LogP contribution is -2.42. The Kier molecular flexibility index (Phi) is 4.58. The van der Waals surface area contributed by atoms with Gasteiger partial charge in [0.05, 0.1) is 5.60 Å². The lowest BCUT2D eigenvalue weighted by molar-refractivity contribution is -0.0241. The van der Waals surface area contributed by atoms with E-state index in [0.29, 0.717) is 6.04 Å². The van der Waals surface area contributed by atoms with Crippen molar-refractivity contribution in [2.24, 2.45) is 0 Å². The predicted molar refractivity (Wildman–Crippen MR) is 78.0 cm³/mol. The average molecular weight is 262 g/mol. The number of aryl methyl sites for hydroxylation is 1. The summed E-state index contributed by atoms with van der Waals surface area (Å²) >= 11 is 0. The minimum Gasteiger partial charge on any atom is -0.385 e. The van der Waals surface area contributed by atoms with Crippen LogP contribution in [0.15, 0.2) is 18.3 Å². The fraction of sp³-hybridized carbons (Fsp3) is 0.688. The number of nitrogens with zero attached hydrogens (tertiary/aromatic N) is 2. The number of aliphatic hydroxyl groups is 1. The molecule has 0 saturated heterocycles. The van der Waals surface area contributed by atoms with Crippen LogP contribution < -0.4 is 0 Å². The van der Waals surface area contributed by atoms with Gasteiger partial charge in [0.15, 0.2) is 0 Å². The molecule has 0 atom stereocenters. The van der Waals surface area contributed by atoms with E-state index in [1.54, 1.807) is 0 Å². The molecule has 19 heavy (non-hydrogen) atoms. The zero-order chi connectivity index (χ0) is 13.9. The highest BCUT2D eigenvalue weighted by atomic mass is 16.3. The molecule has 1 N–H and O–H groups in total. The summed E-state index contributed by atoms with van der Waals surface area (Å²) in [5.74, 6) is 0. The number of hydrogen-bond acceptors (Lipinski definition) is 3.